The SMILES string of the molecule is C[C@@H]1CN(c2ccnc(-c3cnc4ccc(C(F)F)cn34)n2)CCO1.Cc1ncon1. The van der Waals surface area contributed by atoms with E-state index in [1.807, 2.05) is 13.0 Å². The van der Waals surface area contributed by atoms with E-state index >= 15 is 0 Å². The van der Waals surface area contributed by atoms with Crippen LogP contribution in [-0.4, -0.2) is 55.3 Å². The van der Waals surface area contributed by atoms with Crippen molar-refractivity contribution in [1.82, 2.24) is 29.5 Å². The largest absolute Gasteiger partial charge is 0.375 e. The summed E-state index contributed by atoms with van der Waals surface area (Å²) in [6.07, 6.45) is 3.56. The number of aromatic nitrogens is 6. The Morgan fingerprint density at radius 2 is 2.03 bits per heavy atom. The number of pyridine rings is 1. The Balaban J connectivity index is 0.000000334. The summed E-state index contributed by atoms with van der Waals surface area (Å²) in [6.45, 7) is 5.94. The minimum atomic E-state index is -2.54. The van der Waals surface area contributed by atoms with Gasteiger partial charge in [-0.15, -0.1) is 0 Å². The van der Waals surface area contributed by atoms with E-state index in [9.17, 15) is 8.78 Å². The van der Waals surface area contributed by atoms with E-state index in [1.54, 1.807) is 29.8 Å². The van der Waals surface area contributed by atoms with E-state index in [0.29, 0.717) is 29.6 Å². The lowest BCUT2D eigenvalue weighted by Crippen LogP contribution is -2.41. The van der Waals surface area contributed by atoms with Crippen molar-refractivity contribution in [3.8, 4) is 11.5 Å². The molecule has 1 saturated heterocycles. The third kappa shape index (κ3) is 4.82. The minimum absolute atomic E-state index is 0.0649. The van der Waals surface area contributed by atoms with Gasteiger partial charge in [0.25, 0.3) is 6.43 Å². The first-order valence-electron chi connectivity index (χ1n) is 9.69. The molecule has 11 heteroatoms. The molecule has 9 nitrogen and oxygen atoms in total. The smallest absolute Gasteiger partial charge is 0.265 e. The fraction of sp³-hybridized carbons (Fsp3) is 0.350. The number of rotatable bonds is 3. The van der Waals surface area contributed by atoms with Crippen molar-refractivity contribution in [2.24, 2.45) is 0 Å². The number of anilines is 1. The Labute approximate surface area is 176 Å². The van der Waals surface area contributed by atoms with E-state index in [1.165, 1.54) is 18.7 Å². The van der Waals surface area contributed by atoms with Crippen molar-refractivity contribution >= 4 is 11.5 Å². The highest BCUT2D eigenvalue weighted by Gasteiger charge is 2.19. The monoisotopic (exact) mass is 429 g/mol. The second kappa shape index (κ2) is 9.13. The van der Waals surface area contributed by atoms with Crippen LogP contribution in [0.4, 0.5) is 14.6 Å². The van der Waals surface area contributed by atoms with Gasteiger partial charge in [0.2, 0.25) is 6.39 Å². The lowest BCUT2D eigenvalue weighted by Gasteiger charge is -2.32. The summed E-state index contributed by atoms with van der Waals surface area (Å²) in [7, 11) is 0. The number of halogens is 2. The topological polar surface area (TPSA) is 94.5 Å². The number of ether oxygens (including phenoxy) is 1. The van der Waals surface area contributed by atoms with E-state index in [0.717, 1.165) is 18.9 Å². The van der Waals surface area contributed by atoms with E-state index in [-0.39, 0.29) is 11.7 Å². The van der Waals surface area contributed by atoms with Crippen LogP contribution >= 0.6 is 0 Å². The van der Waals surface area contributed by atoms with Crippen LogP contribution in [0.2, 0.25) is 0 Å². The fourth-order valence-corrected chi connectivity index (χ4v) is 3.19. The quantitative estimate of drug-likeness (QED) is 0.490. The Hall–Kier alpha value is -3.47. The van der Waals surface area contributed by atoms with Crippen LogP contribution in [0.3, 0.4) is 0 Å². The molecule has 0 N–H and O–H groups in total. The van der Waals surface area contributed by atoms with Crippen LogP contribution in [0, 0.1) is 6.92 Å². The number of hydrogen-bond donors (Lipinski definition) is 0. The predicted octanol–water partition coefficient (Wildman–Crippen LogP) is 3.33. The molecule has 4 aromatic rings. The molecule has 1 fully saturated rings. The summed E-state index contributed by atoms with van der Waals surface area (Å²) in [6, 6.07) is 4.79. The zero-order valence-electron chi connectivity index (χ0n) is 17.0. The average Bonchev–Trinajstić information content (AvgIpc) is 3.42. The normalized spacial score (nSPS) is 16.4. The van der Waals surface area contributed by atoms with Crippen molar-refractivity contribution in [2.75, 3.05) is 24.6 Å². The van der Waals surface area contributed by atoms with Crippen LogP contribution in [0.5, 0.6) is 0 Å². The minimum Gasteiger partial charge on any atom is -0.375 e. The first-order valence-corrected chi connectivity index (χ1v) is 9.69. The Kier molecular flexibility index (Phi) is 6.12. The molecule has 4 aromatic heterocycles. The molecular weight excluding hydrogens is 408 g/mol. The van der Waals surface area contributed by atoms with Gasteiger partial charge in [-0.2, -0.15) is 4.98 Å². The van der Waals surface area contributed by atoms with Gasteiger partial charge in [-0.25, -0.2) is 23.7 Å². The molecule has 0 amide bonds. The molecular formula is C20H21F2N7O2. The van der Waals surface area contributed by atoms with Crippen molar-refractivity contribution in [3.63, 3.8) is 0 Å². The third-order valence-electron chi connectivity index (χ3n) is 4.69. The van der Waals surface area contributed by atoms with Gasteiger partial charge in [-0.3, -0.25) is 4.40 Å². The summed E-state index contributed by atoms with van der Waals surface area (Å²) in [4.78, 5) is 18.9. The summed E-state index contributed by atoms with van der Waals surface area (Å²) < 4.78 is 37.5. The van der Waals surface area contributed by atoms with Gasteiger partial charge in [-0.05, 0) is 32.0 Å². The molecule has 1 atom stereocenters. The van der Waals surface area contributed by atoms with E-state index in [2.05, 4.69) is 34.5 Å². The first-order chi connectivity index (χ1) is 15.0. The van der Waals surface area contributed by atoms with Gasteiger partial charge >= 0.3 is 0 Å². The molecule has 0 aliphatic carbocycles. The maximum absolute atomic E-state index is 13.0. The fourth-order valence-electron chi connectivity index (χ4n) is 3.19. The second-order valence-corrected chi connectivity index (χ2v) is 6.98. The van der Waals surface area contributed by atoms with Crippen molar-refractivity contribution in [1.29, 1.82) is 0 Å². The average molecular weight is 429 g/mol. The molecule has 162 valence electrons. The lowest BCUT2D eigenvalue weighted by atomic mass is 10.3. The van der Waals surface area contributed by atoms with Gasteiger partial charge < -0.3 is 14.2 Å². The molecule has 1 aliphatic heterocycles. The number of hydrogen-bond acceptors (Lipinski definition) is 8. The van der Waals surface area contributed by atoms with Gasteiger partial charge in [0.05, 0.1) is 18.9 Å². The molecule has 0 saturated carbocycles. The summed E-state index contributed by atoms with van der Waals surface area (Å²) in [5.41, 5.74) is 1.10. The summed E-state index contributed by atoms with van der Waals surface area (Å²) in [5, 5.41) is 3.43. The molecule has 1 aliphatic rings. The van der Waals surface area contributed by atoms with Crippen molar-refractivity contribution in [3.05, 3.63) is 54.6 Å². The van der Waals surface area contributed by atoms with Gasteiger partial charge in [0, 0.05) is 31.0 Å². The van der Waals surface area contributed by atoms with Crippen molar-refractivity contribution < 1.29 is 18.0 Å². The molecule has 5 heterocycles. The highest BCUT2D eigenvalue weighted by molar-refractivity contribution is 5.59. The summed E-state index contributed by atoms with van der Waals surface area (Å²) >= 11 is 0. The highest BCUT2D eigenvalue weighted by Crippen LogP contribution is 2.24. The van der Waals surface area contributed by atoms with Crippen molar-refractivity contribution in [2.45, 2.75) is 26.4 Å². The molecule has 0 unspecified atom stereocenters. The number of imidazole rings is 1. The Morgan fingerprint density at radius 1 is 1.16 bits per heavy atom. The van der Waals surface area contributed by atoms with Gasteiger partial charge in [-0.1, -0.05) is 5.16 Å². The van der Waals surface area contributed by atoms with Crippen LogP contribution < -0.4 is 4.90 Å². The number of aryl methyl sites for hydroxylation is 1. The van der Waals surface area contributed by atoms with Crippen LogP contribution in [0.25, 0.3) is 17.2 Å². The molecule has 5 rings (SSSR count). The highest BCUT2D eigenvalue weighted by atomic mass is 19.3. The lowest BCUT2D eigenvalue weighted by molar-refractivity contribution is 0.0529. The van der Waals surface area contributed by atoms with Crippen LogP contribution in [-0.2, 0) is 4.74 Å². The first kappa shape index (κ1) is 20.8. The van der Waals surface area contributed by atoms with Gasteiger partial charge in [0.15, 0.2) is 11.6 Å². The molecule has 0 bridgehead atoms. The molecule has 0 spiro atoms. The summed E-state index contributed by atoms with van der Waals surface area (Å²) in [5.74, 6) is 1.92. The van der Waals surface area contributed by atoms with E-state index in [4.69, 9.17) is 4.74 Å². The molecule has 31 heavy (non-hydrogen) atoms. The number of nitrogens with zero attached hydrogens (tertiary/aromatic N) is 7. The molecule has 0 radical (unpaired) electrons. The number of fused-ring (bicyclic) bond motifs is 1. The van der Waals surface area contributed by atoms with Crippen LogP contribution in [0.15, 0.2) is 47.7 Å². The standard InChI is InChI=1S/C17H17F2N5O.C3H4N2O/c1-11-9-23(6-7-25-11)15-4-5-20-17(22-15)13-8-21-14-3-2-12(16(18)19)10-24(13)14;1-3-4-2-6-5-3/h2-5,8,10-11,16H,6-7,9H2,1H3;2H,1H3/t11-;/m1./s1. The predicted molar refractivity (Wildman–Crippen MR) is 108 cm³/mol. The van der Waals surface area contributed by atoms with Gasteiger partial charge in [0.1, 0.15) is 17.2 Å². The van der Waals surface area contributed by atoms with E-state index < -0.39 is 6.43 Å². The second-order valence-electron chi connectivity index (χ2n) is 6.98. The Morgan fingerprint density at radius 3 is 2.71 bits per heavy atom. The zero-order chi connectivity index (χ0) is 21.8. The number of alkyl halides is 2. The maximum atomic E-state index is 13.0. The number of morpholine rings is 1. The Bertz CT molecular complexity index is 1130. The molecule has 0 aromatic carbocycles. The van der Waals surface area contributed by atoms with Crippen LogP contribution in [0.1, 0.15) is 24.7 Å². The zero-order valence-corrected chi connectivity index (χ0v) is 17.0. The third-order valence-corrected chi connectivity index (χ3v) is 4.69. The maximum Gasteiger partial charge on any atom is 0.265 e.